The van der Waals surface area contributed by atoms with Gasteiger partial charge in [0.2, 0.25) is 0 Å². The summed E-state index contributed by atoms with van der Waals surface area (Å²) in [5.41, 5.74) is 6.42. The third-order valence-electron chi connectivity index (χ3n) is 3.70. The summed E-state index contributed by atoms with van der Waals surface area (Å²) >= 11 is 0. The fraction of sp³-hybridized carbons (Fsp3) is 0.176. The highest BCUT2D eigenvalue weighted by Gasteiger charge is 2.37. The Morgan fingerprint density at radius 1 is 1.17 bits per heavy atom. The van der Waals surface area contributed by atoms with E-state index in [1.165, 1.54) is 12.1 Å². The lowest BCUT2D eigenvalue weighted by Crippen LogP contribution is -2.33. The van der Waals surface area contributed by atoms with Crippen LogP contribution in [0.5, 0.6) is 0 Å². The Morgan fingerprint density at radius 2 is 1.88 bits per heavy atom. The molecule has 1 heterocycles. The van der Waals surface area contributed by atoms with Gasteiger partial charge < -0.3 is 11.1 Å². The molecule has 0 saturated carbocycles. The number of halogens is 3. The molecular weight excluding hydrogens is 319 g/mol. The number of amides is 1. The summed E-state index contributed by atoms with van der Waals surface area (Å²) in [5.74, 6) is -0.782. The summed E-state index contributed by atoms with van der Waals surface area (Å²) in [7, 11) is 0. The van der Waals surface area contributed by atoms with E-state index < -0.39 is 23.8 Å². The van der Waals surface area contributed by atoms with E-state index in [0.29, 0.717) is 5.56 Å². The van der Waals surface area contributed by atoms with Crippen molar-refractivity contribution in [2.75, 3.05) is 5.32 Å². The van der Waals surface area contributed by atoms with Crippen molar-refractivity contribution >= 4 is 17.3 Å². The van der Waals surface area contributed by atoms with Gasteiger partial charge in [0.15, 0.2) is 6.17 Å². The third kappa shape index (κ3) is 2.90. The zero-order valence-electron chi connectivity index (χ0n) is 12.7. The molecule has 0 fully saturated rings. The molecule has 2 aromatic rings. The molecule has 2 aromatic carbocycles. The fourth-order valence-corrected chi connectivity index (χ4v) is 2.61. The minimum absolute atomic E-state index is 0.191. The molecule has 0 aliphatic carbocycles. The largest absolute Gasteiger partial charge is 0.418 e. The molecule has 24 heavy (non-hydrogen) atoms. The highest BCUT2D eigenvalue weighted by Crippen LogP contribution is 2.38. The van der Waals surface area contributed by atoms with Crippen LogP contribution in [0.3, 0.4) is 0 Å². The molecule has 1 unspecified atom stereocenters. The first-order valence-corrected chi connectivity index (χ1v) is 7.19. The van der Waals surface area contributed by atoms with Crippen LogP contribution in [-0.2, 0) is 11.0 Å². The van der Waals surface area contributed by atoms with Crippen molar-refractivity contribution < 1.29 is 18.0 Å². The van der Waals surface area contributed by atoms with Gasteiger partial charge in [-0.1, -0.05) is 35.9 Å². The normalized spacial score (nSPS) is 17.6. The van der Waals surface area contributed by atoms with E-state index in [-0.39, 0.29) is 17.0 Å². The van der Waals surface area contributed by atoms with Crippen LogP contribution in [0, 0.1) is 6.92 Å². The minimum atomic E-state index is -4.61. The average Bonchev–Trinajstić information content (AvgIpc) is 2.63. The maximum absolute atomic E-state index is 13.3. The van der Waals surface area contributed by atoms with Gasteiger partial charge in [0.05, 0.1) is 17.0 Å². The number of benzene rings is 2. The molecule has 1 aliphatic rings. The maximum atomic E-state index is 13.3. The summed E-state index contributed by atoms with van der Waals surface area (Å²) in [6.45, 7) is 1.86. The molecular formula is C17H14F3N3O. The van der Waals surface area contributed by atoms with Gasteiger partial charge in [0, 0.05) is 11.1 Å². The Kier molecular flexibility index (Phi) is 3.88. The number of hydrogen-bond acceptors (Lipinski definition) is 3. The lowest BCUT2D eigenvalue weighted by atomic mass is 9.96. The number of carbonyl (C=O) groups excluding carboxylic acids is 1. The van der Waals surface area contributed by atoms with E-state index in [4.69, 9.17) is 5.73 Å². The van der Waals surface area contributed by atoms with Crippen LogP contribution < -0.4 is 11.1 Å². The zero-order chi connectivity index (χ0) is 17.5. The highest BCUT2D eigenvalue weighted by atomic mass is 19.4. The second-order valence-corrected chi connectivity index (χ2v) is 5.51. The number of benzodiazepines with no additional fused rings is 1. The van der Waals surface area contributed by atoms with E-state index in [1.807, 2.05) is 13.0 Å². The highest BCUT2D eigenvalue weighted by molar-refractivity contribution is 6.20. The first-order chi connectivity index (χ1) is 11.3. The Labute approximate surface area is 136 Å². The maximum Gasteiger partial charge on any atom is 0.418 e. The molecule has 0 aromatic heterocycles. The number of nitrogens with one attached hydrogen (secondary N) is 1. The average molecular weight is 333 g/mol. The lowest BCUT2D eigenvalue weighted by molar-refractivity contribution is -0.137. The van der Waals surface area contributed by atoms with Crippen molar-refractivity contribution in [1.82, 2.24) is 0 Å². The number of carbonyl (C=O) groups is 1. The Morgan fingerprint density at radius 3 is 2.54 bits per heavy atom. The first-order valence-electron chi connectivity index (χ1n) is 7.19. The third-order valence-corrected chi connectivity index (χ3v) is 3.70. The van der Waals surface area contributed by atoms with Gasteiger partial charge in [0.25, 0.3) is 5.91 Å². The van der Waals surface area contributed by atoms with Gasteiger partial charge in [0.1, 0.15) is 0 Å². The Balaban J connectivity index is 2.28. The number of aryl methyl sites for hydroxylation is 1. The first kappa shape index (κ1) is 16.2. The molecule has 3 N–H and O–H groups in total. The van der Waals surface area contributed by atoms with Gasteiger partial charge >= 0.3 is 6.18 Å². The van der Waals surface area contributed by atoms with Crippen LogP contribution in [0.25, 0.3) is 0 Å². The van der Waals surface area contributed by atoms with Crippen LogP contribution in [0.4, 0.5) is 18.9 Å². The van der Waals surface area contributed by atoms with E-state index in [9.17, 15) is 18.0 Å². The van der Waals surface area contributed by atoms with E-state index >= 15 is 0 Å². The van der Waals surface area contributed by atoms with E-state index in [2.05, 4.69) is 10.3 Å². The van der Waals surface area contributed by atoms with Crippen molar-refractivity contribution in [3.8, 4) is 0 Å². The topological polar surface area (TPSA) is 67.5 Å². The lowest BCUT2D eigenvalue weighted by Gasteiger charge is -2.16. The van der Waals surface area contributed by atoms with E-state index in [0.717, 1.165) is 11.6 Å². The second-order valence-electron chi connectivity index (χ2n) is 5.51. The van der Waals surface area contributed by atoms with Crippen molar-refractivity contribution in [1.29, 1.82) is 0 Å². The van der Waals surface area contributed by atoms with Crippen molar-refractivity contribution in [3.63, 3.8) is 0 Å². The van der Waals surface area contributed by atoms with Crippen molar-refractivity contribution in [3.05, 3.63) is 64.7 Å². The zero-order valence-corrected chi connectivity index (χ0v) is 12.7. The fourth-order valence-electron chi connectivity index (χ4n) is 2.61. The molecule has 0 spiro atoms. The van der Waals surface area contributed by atoms with Gasteiger partial charge in [-0.05, 0) is 19.1 Å². The molecule has 1 aliphatic heterocycles. The van der Waals surface area contributed by atoms with Crippen LogP contribution >= 0.6 is 0 Å². The van der Waals surface area contributed by atoms with Crippen LogP contribution in [-0.4, -0.2) is 17.8 Å². The number of para-hydroxylation sites is 1. The summed E-state index contributed by atoms with van der Waals surface area (Å²) in [5, 5.41) is 2.26. The predicted molar refractivity (Wildman–Crippen MR) is 84.9 cm³/mol. The molecule has 0 bridgehead atoms. The smallest absolute Gasteiger partial charge is 0.322 e. The van der Waals surface area contributed by atoms with Crippen molar-refractivity contribution in [2.45, 2.75) is 19.3 Å². The molecule has 1 amide bonds. The van der Waals surface area contributed by atoms with Gasteiger partial charge in [-0.25, -0.2) is 0 Å². The molecule has 4 nitrogen and oxygen atoms in total. The van der Waals surface area contributed by atoms with Crippen LogP contribution in [0.1, 0.15) is 22.3 Å². The Hall–Kier alpha value is -2.67. The molecule has 0 radical (unpaired) electrons. The molecule has 7 heteroatoms. The summed E-state index contributed by atoms with van der Waals surface area (Å²) in [6, 6.07) is 10.8. The number of alkyl halides is 3. The van der Waals surface area contributed by atoms with Gasteiger partial charge in [-0.15, -0.1) is 0 Å². The summed E-state index contributed by atoms with van der Waals surface area (Å²) in [4.78, 5) is 16.1. The second kappa shape index (κ2) is 5.76. The molecule has 0 saturated heterocycles. The van der Waals surface area contributed by atoms with Crippen LogP contribution in [0.2, 0.25) is 0 Å². The van der Waals surface area contributed by atoms with Crippen molar-refractivity contribution in [2.24, 2.45) is 10.7 Å². The number of aliphatic imine (C=N–C) groups is 1. The Bertz CT molecular complexity index is 843. The SMILES string of the molecule is Cc1cccc(C2=NC(N)C(=O)Nc3c2cccc3C(F)(F)F)c1. The van der Waals surface area contributed by atoms with Gasteiger partial charge in [-0.3, -0.25) is 9.79 Å². The number of nitrogens with two attached hydrogens (primary N) is 1. The predicted octanol–water partition coefficient (Wildman–Crippen LogP) is 3.09. The monoisotopic (exact) mass is 333 g/mol. The molecule has 1 atom stereocenters. The number of hydrogen-bond donors (Lipinski definition) is 2. The minimum Gasteiger partial charge on any atom is -0.322 e. The quantitative estimate of drug-likeness (QED) is 0.842. The molecule has 124 valence electrons. The van der Waals surface area contributed by atoms with Gasteiger partial charge in [-0.2, -0.15) is 13.2 Å². The number of anilines is 1. The number of fused-ring (bicyclic) bond motifs is 1. The number of nitrogens with zero attached hydrogens (tertiary/aromatic N) is 1. The summed E-state index contributed by atoms with van der Waals surface area (Å²) < 4.78 is 39.9. The van der Waals surface area contributed by atoms with Crippen LogP contribution in [0.15, 0.2) is 47.5 Å². The standard InChI is InChI=1S/C17H14F3N3O/c1-9-4-2-5-10(8-9)13-11-6-3-7-12(17(18,19)20)14(11)23-16(24)15(21)22-13/h2-8,15H,21H2,1H3,(H,23,24). The summed E-state index contributed by atoms with van der Waals surface area (Å²) in [6.07, 6.45) is -5.89. The number of rotatable bonds is 1. The molecule has 3 rings (SSSR count). The van der Waals surface area contributed by atoms with E-state index in [1.54, 1.807) is 18.2 Å².